The average Bonchev–Trinajstić information content (AvgIpc) is 1.06. The first-order valence-electron chi connectivity index (χ1n) is 41.9. The summed E-state index contributed by atoms with van der Waals surface area (Å²) in [5.41, 5.74) is 14.2. The monoisotopic (exact) mass is 1880 g/mol. The van der Waals surface area contributed by atoms with Gasteiger partial charge in [-0.3, -0.25) is 52.1 Å². The van der Waals surface area contributed by atoms with Crippen LogP contribution in [0.2, 0.25) is 0 Å². The summed E-state index contributed by atoms with van der Waals surface area (Å²) in [4.78, 5) is 145. The number of furan rings is 4. The number of nitrogens with zero attached hydrogens (tertiary/aromatic N) is 11. The zero-order chi connectivity index (χ0) is 92.2. The molecule has 0 atom stereocenters. The Morgan fingerprint density at radius 1 is 0.415 bits per heavy atom. The van der Waals surface area contributed by atoms with Gasteiger partial charge in [-0.05, 0) is 148 Å². The first kappa shape index (κ1) is 103. The molecule has 16 rings (SSSR count). The van der Waals surface area contributed by atoms with Crippen molar-refractivity contribution in [2.75, 3.05) is 82.2 Å². The molecule has 4 aromatic carbocycles. The minimum atomic E-state index is -5.29. The Labute approximate surface area is 813 Å². The number of aryl methyl sites for hydroxylation is 12. The van der Waals surface area contributed by atoms with Crippen LogP contribution in [0.4, 0.5) is 23.3 Å². The smallest absolute Gasteiger partial charge is 0.442 e. The first-order valence-corrected chi connectivity index (χ1v) is 47.4. The molecule has 8 aromatic heterocycles. The summed E-state index contributed by atoms with van der Waals surface area (Å²) >= 11 is 0. The van der Waals surface area contributed by atoms with Crippen LogP contribution in [-0.2, 0) is 139 Å². The Kier molecular flexibility index (Phi) is 35.7. The Bertz CT molecular complexity index is 6160. The van der Waals surface area contributed by atoms with E-state index in [-0.39, 0.29) is 152 Å². The van der Waals surface area contributed by atoms with Crippen LogP contribution in [0.15, 0.2) is 164 Å². The Morgan fingerprint density at radius 2 is 0.685 bits per heavy atom. The fraction of sp³-hybridized carbons (Fsp3) is 0.355. The third kappa shape index (κ3) is 24.4. The van der Waals surface area contributed by atoms with Crippen molar-refractivity contribution in [3.8, 4) is 0 Å². The fourth-order valence-electron chi connectivity index (χ4n) is 15.8. The number of hydrogen-bond acceptors (Lipinski definition) is 24. The molecule has 4 aliphatic rings. The molecule has 0 radical (unpaired) electrons. The van der Waals surface area contributed by atoms with Crippen LogP contribution in [0.25, 0.3) is 43.9 Å². The summed E-state index contributed by atoms with van der Waals surface area (Å²) in [6, 6.07) is 38.9. The van der Waals surface area contributed by atoms with Crippen molar-refractivity contribution in [2.24, 2.45) is 0 Å². The second kappa shape index (κ2) is 45.2. The zero-order valence-electron chi connectivity index (χ0n) is 74.7. The Morgan fingerprint density at radius 3 is 0.985 bits per heavy atom. The Balaban J connectivity index is 0.000000178. The molecular weight excluding hydrogens is 1780 g/mol. The average molecular weight is 1880 g/mol. The van der Waals surface area contributed by atoms with Crippen LogP contribution in [0.1, 0.15) is 141 Å². The molecule has 12 aromatic rings. The number of rotatable bonds is 25. The number of benzene rings is 4. The van der Waals surface area contributed by atoms with Crippen LogP contribution in [-0.4, -0.2) is 155 Å². The topological polar surface area (TPSA) is 411 Å². The van der Waals surface area contributed by atoms with Gasteiger partial charge in [0.15, 0.2) is 7.29 Å². The molecule has 130 heavy (non-hydrogen) atoms. The maximum Gasteiger partial charge on any atom is 0.442 e. The van der Waals surface area contributed by atoms with Gasteiger partial charge in [-0.2, -0.15) is 4.67 Å². The van der Waals surface area contributed by atoms with Crippen LogP contribution < -0.4 is 29.1 Å². The Hall–Kier alpha value is -9.59. The number of amides is 8. The van der Waals surface area contributed by atoms with Gasteiger partial charge in [0, 0.05) is 266 Å². The van der Waals surface area contributed by atoms with E-state index >= 15 is 0 Å². The van der Waals surface area contributed by atoms with E-state index in [2.05, 4.69) is 25.3 Å². The molecule has 2 N–H and O–H groups in total. The summed E-state index contributed by atoms with van der Waals surface area (Å²) in [5.74, 6) is 3.10. The van der Waals surface area contributed by atoms with Crippen molar-refractivity contribution in [3.63, 3.8) is 0 Å². The minimum Gasteiger partial charge on any atom is -0.794 e. The van der Waals surface area contributed by atoms with E-state index in [0.717, 1.165) is 140 Å². The number of para-hydroxylation sites is 4. The van der Waals surface area contributed by atoms with Crippen LogP contribution >= 0.6 is 22.8 Å². The number of fused-ring (bicyclic) bond motifs is 8. The molecule has 8 amide bonds. The first-order chi connectivity index (χ1) is 61.1. The normalized spacial score (nSPS) is 13.4. The van der Waals surface area contributed by atoms with Crippen molar-refractivity contribution < 1.29 is 169 Å². The van der Waals surface area contributed by atoms with Gasteiger partial charge in [0.25, 0.3) is 0 Å². The quantitative estimate of drug-likeness (QED) is 0.0502. The summed E-state index contributed by atoms with van der Waals surface area (Å²) in [5, 5.41) is 14.0. The van der Waals surface area contributed by atoms with Gasteiger partial charge >= 0.3 is 7.75 Å². The second-order valence-corrected chi connectivity index (χ2v) is 38.6. The molecule has 4 aliphatic heterocycles. The molecule has 0 saturated carbocycles. The van der Waals surface area contributed by atoms with Crippen molar-refractivity contribution in [2.45, 2.75) is 157 Å². The zero-order valence-corrected chi connectivity index (χ0v) is 78.8. The molecular formula is C93H105Ar2N12O20P3-2. The molecule has 0 unspecified atom stereocenters. The summed E-state index contributed by atoms with van der Waals surface area (Å²) in [6.07, 6.45) is 12.7. The van der Waals surface area contributed by atoms with Gasteiger partial charge in [0.2, 0.25) is 47.3 Å². The number of aromatic nitrogens is 4. The fourth-order valence-corrected chi connectivity index (χ4v) is 19.1. The number of anilines is 4. The van der Waals surface area contributed by atoms with E-state index < -0.39 is 28.7 Å². The minimum absolute atomic E-state index is 0. The van der Waals surface area contributed by atoms with Crippen molar-refractivity contribution in [1.29, 1.82) is 0 Å². The van der Waals surface area contributed by atoms with Gasteiger partial charge in [0.05, 0.1) is 26.2 Å². The molecule has 0 fully saturated rings. The number of carbonyl (C=O) groups is 8. The van der Waals surface area contributed by atoms with Crippen molar-refractivity contribution in [3.05, 3.63) is 236 Å². The summed E-state index contributed by atoms with van der Waals surface area (Å²) < 4.78 is 73.1. The maximum absolute atomic E-state index is 12.8. The number of aliphatic hydroxyl groups is 1. The SMILES string of the molecule is CO.COP(=O)(OC)N1C(=O)CCc2cc(CCC(=O)N(C)Cc3oc4ccccc4c3C)cnc21.Cc1c(CN(C)C(=O)CCc2cnc3c(c2)CCC(=O)N3)oc2ccccc12.Cc1c(CN(C)C(=O)CCc2cnc3c(c2)CCC(=O)N3P(=O)([O-])[O-])oc2ccccc12.Cc1c(CN(C)C(=O)CCc2cnc3c(c2)CCC(=O)N3P(C)(C)=O)oc2ccccc12.[Ar].[Ar]. The van der Waals surface area contributed by atoms with E-state index in [1.165, 1.54) is 25.1 Å². The van der Waals surface area contributed by atoms with E-state index in [0.29, 0.717) is 127 Å². The third-order valence-corrected chi connectivity index (χ3v) is 27.1. The van der Waals surface area contributed by atoms with E-state index in [9.17, 15) is 61.8 Å². The van der Waals surface area contributed by atoms with E-state index in [1.54, 1.807) is 85.8 Å². The van der Waals surface area contributed by atoms with Crippen LogP contribution in [0, 0.1) is 103 Å². The van der Waals surface area contributed by atoms with E-state index in [1.807, 2.05) is 143 Å². The van der Waals surface area contributed by atoms with Gasteiger partial charge in [-0.15, -0.1) is 0 Å². The predicted octanol–water partition coefficient (Wildman–Crippen LogP) is 14.0. The third-order valence-electron chi connectivity index (χ3n) is 23.0. The van der Waals surface area contributed by atoms with Crippen molar-refractivity contribution in [1.82, 2.24) is 39.5 Å². The largest absolute Gasteiger partial charge is 0.794 e. The molecule has 0 spiro atoms. The molecule has 12 heterocycles. The summed E-state index contributed by atoms with van der Waals surface area (Å²) in [7, 11) is -1.36. The number of pyridine rings is 4. The molecule has 37 heteroatoms. The molecule has 0 saturated heterocycles. The predicted molar refractivity (Wildman–Crippen MR) is 481 cm³/mol. The standard InChI is InChI=1S/C24H28N3O6P.C24H28N3O4P.C22H24N3O6P.C22H23N3O3.CH4O.2Ar/c1-16-19-7-5-6-8-20(19)33-21(16)15-26(2)22(28)11-9-17-13-18-10-12-23(29)27(24(18)25-14-17)34(30,31-3)32-4;1-16-19-7-5-6-8-20(19)31-21(16)15-26(2)22(28)11-9-17-13-18-10-12-23(29)27(32(3,4)30)24(18)25-14-17;1-14-17-5-3-4-6-18(17)31-19(14)13-24(2)20(26)9-7-15-11-16-8-10-21(27)25(32(28,29)30)22(16)23-12-15;1-14-17-5-3-4-6-18(17)28-19(14)13-25(2)21(27)10-7-15-11-16-8-9-20(26)24-22(16)23-12-15;1-2;;/h5-8,13-14H,9-12,15H2,1-4H3;5-8,13-14H,9-12,15H2,1-4H3;3-6,11-12H,7-10,13H2,1-2H3,(H2,28,29,30);3-6,11-12H,7-10,13H2,1-2H3,(H,23,24,26);2H,1H3;;/p-2. The molecule has 690 valence electrons. The molecule has 0 aliphatic carbocycles. The van der Waals surface area contributed by atoms with Gasteiger partial charge in [-0.25, -0.2) is 29.2 Å². The number of nitrogens with one attached hydrogen (secondary N) is 1. The van der Waals surface area contributed by atoms with Gasteiger partial charge in [0.1, 0.15) is 68.6 Å². The van der Waals surface area contributed by atoms with Crippen LogP contribution in [0.5, 0.6) is 0 Å². The molecule has 0 bridgehead atoms. The summed E-state index contributed by atoms with van der Waals surface area (Å²) in [6.45, 7) is 12.8. The van der Waals surface area contributed by atoms with Gasteiger partial charge in [-0.1, -0.05) is 97.1 Å². The second-order valence-electron chi connectivity index (χ2n) is 32.2. The van der Waals surface area contributed by atoms with Gasteiger partial charge < -0.3 is 66.6 Å². The van der Waals surface area contributed by atoms with Crippen molar-refractivity contribution >= 4 is 137 Å². The maximum atomic E-state index is 12.8. The van der Waals surface area contributed by atoms with E-state index in [4.69, 9.17) is 31.8 Å². The number of aliphatic hydroxyl groups excluding tert-OH is 1. The molecule has 32 nitrogen and oxygen atoms in total. The number of hydrogen-bond donors (Lipinski definition) is 2. The van der Waals surface area contributed by atoms with Crippen LogP contribution in [0.3, 0.4) is 0 Å². The number of carbonyl (C=O) groups excluding carboxylic acids is 8.